The number of ether oxygens (including phenoxy) is 1. The summed E-state index contributed by atoms with van der Waals surface area (Å²) in [5.41, 5.74) is 3.23. The Balaban J connectivity index is 1.07. The smallest absolute Gasteiger partial charge is 0.327 e. The molecule has 0 spiro atoms. The lowest BCUT2D eigenvalue weighted by Crippen LogP contribution is -2.49. The lowest BCUT2D eigenvalue weighted by atomic mass is 9.99. The molecule has 1 saturated carbocycles. The standard InChI is InChI=1S/C33H30N6O4S/c1-19-15-24(43-23-5-3-2-4-6-23)9-10-25(19)39-26-11-13-35-31-27(26)28(37-33(39)42)29(44-31)32(41)38-14-12-22(18-38)36-30(40)21(17-34)16-20-7-8-20/h2-6,9-11,13,15-16,20,22,28-29H,7-8,12,14,18H2,1H3,(H,36,40)(H,37,42)/b21-16+/t22-,28?,29?/m1/s1. The Morgan fingerprint density at radius 2 is 1.93 bits per heavy atom. The van der Waals surface area contributed by atoms with Gasteiger partial charge in [0.25, 0.3) is 5.91 Å². The van der Waals surface area contributed by atoms with E-state index in [-0.39, 0.29) is 29.5 Å². The normalized spacial score (nSPS) is 22.2. The molecule has 0 radical (unpaired) electrons. The van der Waals surface area contributed by atoms with Crippen LogP contribution in [-0.2, 0) is 9.59 Å². The van der Waals surface area contributed by atoms with Gasteiger partial charge in [0.1, 0.15) is 33.4 Å². The molecule has 2 unspecified atom stereocenters. The van der Waals surface area contributed by atoms with E-state index in [1.165, 1.54) is 11.8 Å². The first-order chi connectivity index (χ1) is 21.4. The van der Waals surface area contributed by atoms with Crippen LogP contribution in [0.2, 0.25) is 0 Å². The van der Waals surface area contributed by atoms with Gasteiger partial charge in [-0.2, -0.15) is 5.26 Å². The van der Waals surface area contributed by atoms with Crippen LogP contribution < -0.4 is 20.3 Å². The third kappa shape index (κ3) is 5.26. The topological polar surface area (TPSA) is 128 Å². The maximum absolute atomic E-state index is 13.8. The van der Waals surface area contributed by atoms with Gasteiger partial charge in [0.15, 0.2) is 0 Å². The van der Waals surface area contributed by atoms with Crippen LogP contribution in [0.5, 0.6) is 11.5 Å². The summed E-state index contributed by atoms with van der Waals surface area (Å²) in [5, 5.41) is 15.5. The number of allylic oxidation sites excluding steroid dienone is 1. The van der Waals surface area contributed by atoms with Gasteiger partial charge in [-0.3, -0.25) is 14.5 Å². The highest BCUT2D eigenvalue weighted by molar-refractivity contribution is 8.01. The number of amides is 4. The van der Waals surface area contributed by atoms with E-state index in [0.29, 0.717) is 47.6 Å². The van der Waals surface area contributed by atoms with Gasteiger partial charge in [-0.25, -0.2) is 9.78 Å². The fourth-order valence-corrected chi connectivity index (χ4v) is 7.31. The molecular formula is C33H30N6O4S. The van der Waals surface area contributed by atoms with Gasteiger partial charge in [-0.15, -0.1) is 0 Å². The highest BCUT2D eigenvalue weighted by Crippen LogP contribution is 2.51. The van der Waals surface area contributed by atoms with Crippen molar-refractivity contribution in [2.45, 2.75) is 48.5 Å². The third-order valence-electron chi connectivity index (χ3n) is 8.36. The van der Waals surface area contributed by atoms with Crippen LogP contribution in [0, 0.1) is 24.2 Å². The van der Waals surface area contributed by atoms with Crippen molar-refractivity contribution < 1.29 is 19.1 Å². The van der Waals surface area contributed by atoms with E-state index in [0.717, 1.165) is 29.7 Å². The van der Waals surface area contributed by atoms with Crippen molar-refractivity contribution >= 4 is 41.0 Å². The Kier molecular flexibility index (Phi) is 7.22. The van der Waals surface area contributed by atoms with Crippen molar-refractivity contribution in [3.05, 3.63) is 83.6 Å². The number of benzene rings is 2. The number of anilines is 2. The molecule has 3 aromatic rings. The molecule has 0 bridgehead atoms. The Bertz CT molecular complexity index is 1730. The summed E-state index contributed by atoms with van der Waals surface area (Å²) >= 11 is 1.36. The van der Waals surface area contributed by atoms with Crippen molar-refractivity contribution in [2.24, 2.45) is 5.92 Å². The summed E-state index contributed by atoms with van der Waals surface area (Å²) in [5.74, 6) is 1.21. The molecule has 11 heteroatoms. The molecule has 1 saturated heterocycles. The average molecular weight is 607 g/mol. The molecular weight excluding hydrogens is 576 g/mol. The van der Waals surface area contributed by atoms with E-state index >= 15 is 0 Å². The maximum Gasteiger partial charge on any atom is 0.327 e. The number of rotatable bonds is 7. The van der Waals surface area contributed by atoms with Crippen LogP contribution >= 0.6 is 11.8 Å². The Hall–Kier alpha value is -4.82. The summed E-state index contributed by atoms with van der Waals surface area (Å²) in [7, 11) is 0. The van der Waals surface area contributed by atoms with Crippen molar-refractivity contribution in [1.29, 1.82) is 5.26 Å². The van der Waals surface area contributed by atoms with E-state index in [1.807, 2.05) is 67.6 Å². The van der Waals surface area contributed by atoms with E-state index < -0.39 is 11.3 Å². The molecule has 2 fully saturated rings. The van der Waals surface area contributed by atoms with Gasteiger partial charge in [-0.05, 0) is 74.1 Å². The van der Waals surface area contributed by atoms with Crippen molar-refractivity contribution in [3.63, 3.8) is 0 Å². The number of nitriles is 1. The van der Waals surface area contributed by atoms with Gasteiger partial charge in [0.05, 0.1) is 17.4 Å². The number of thioether (sulfide) groups is 1. The number of hydrogen-bond acceptors (Lipinski definition) is 7. The molecule has 3 atom stereocenters. The number of urea groups is 1. The second-order valence-electron chi connectivity index (χ2n) is 11.5. The minimum atomic E-state index is -0.577. The molecule has 3 aliphatic heterocycles. The molecule has 2 aromatic carbocycles. The zero-order valence-corrected chi connectivity index (χ0v) is 24.8. The van der Waals surface area contributed by atoms with Crippen molar-refractivity contribution in [1.82, 2.24) is 20.5 Å². The van der Waals surface area contributed by atoms with Gasteiger partial charge in [0, 0.05) is 30.9 Å². The lowest BCUT2D eigenvalue weighted by Gasteiger charge is -2.35. The zero-order chi connectivity index (χ0) is 30.4. The van der Waals surface area contributed by atoms with Crippen LogP contribution in [0.15, 0.2) is 77.5 Å². The number of likely N-dealkylation sites (tertiary alicyclic amines) is 1. The molecule has 1 aliphatic carbocycles. The number of aryl methyl sites for hydroxylation is 1. The number of para-hydroxylation sites is 1. The highest BCUT2D eigenvalue weighted by atomic mass is 32.2. The summed E-state index contributed by atoms with van der Waals surface area (Å²) in [6, 6.07) is 17.8. The van der Waals surface area contributed by atoms with Crippen LogP contribution in [0.3, 0.4) is 0 Å². The summed E-state index contributed by atoms with van der Waals surface area (Å²) in [6.45, 7) is 2.76. The fraction of sp³-hybridized carbons (Fsp3) is 0.303. The Morgan fingerprint density at radius 1 is 1.11 bits per heavy atom. The molecule has 4 heterocycles. The van der Waals surface area contributed by atoms with Crippen molar-refractivity contribution in [2.75, 3.05) is 18.0 Å². The van der Waals surface area contributed by atoms with Crippen molar-refractivity contribution in [3.8, 4) is 17.6 Å². The molecule has 44 heavy (non-hydrogen) atoms. The first-order valence-corrected chi connectivity index (χ1v) is 15.6. The number of nitrogens with zero attached hydrogens (tertiary/aromatic N) is 4. The number of nitrogens with one attached hydrogen (secondary N) is 2. The van der Waals surface area contributed by atoms with Crippen LogP contribution in [-0.4, -0.2) is 52.1 Å². The Morgan fingerprint density at radius 3 is 2.68 bits per heavy atom. The number of pyridine rings is 1. The molecule has 2 N–H and O–H groups in total. The number of carbonyl (C=O) groups excluding carboxylic acids is 3. The molecule has 4 aliphatic rings. The minimum Gasteiger partial charge on any atom is -0.457 e. The molecule has 1 aromatic heterocycles. The summed E-state index contributed by atoms with van der Waals surface area (Å²) in [4.78, 5) is 48.1. The van der Waals surface area contributed by atoms with E-state index in [2.05, 4.69) is 15.6 Å². The van der Waals surface area contributed by atoms with Crippen LogP contribution in [0.4, 0.5) is 16.2 Å². The molecule has 4 amide bonds. The second kappa shape index (κ2) is 11.4. The summed E-state index contributed by atoms with van der Waals surface area (Å²) in [6.07, 6.45) is 6.03. The van der Waals surface area contributed by atoms with Crippen LogP contribution in [0.25, 0.3) is 0 Å². The average Bonchev–Trinajstić information content (AvgIpc) is 3.60. The first-order valence-electron chi connectivity index (χ1n) is 14.7. The second-order valence-corrected chi connectivity index (χ2v) is 12.6. The maximum atomic E-state index is 13.8. The Labute approximate surface area is 259 Å². The highest BCUT2D eigenvalue weighted by Gasteiger charge is 2.48. The summed E-state index contributed by atoms with van der Waals surface area (Å²) < 4.78 is 5.98. The van der Waals surface area contributed by atoms with E-state index in [1.54, 1.807) is 22.1 Å². The number of carbonyl (C=O) groups is 3. The fourth-order valence-electron chi connectivity index (χ4n) is 6.00. The van der Waals surface area contributed by atoms with Gasteiger partial charge in [-0.1, -0.05) is 36.0 Å². The first kappa shape index (κ1) is 28.0. The monoisotopic (exact) mass is 606 g/mol. The minimum absolute atomic E-state index is 0.109. The molecule has 7 rings (SSSR count). The lowest BCUT2D eigenvalue weighted by molar-refractivity contribution is -0.130. The van der Waals surface area contributed by atoms with E-state index in [4.69, 9.17) is 4.74 Å². The van der Waals surface area contributed by atoms with E-state index in [9.17, 15) is 19.6 Å². The number of hydrogen-bond donors (Lipinski definition) is 2. The number of aromatic nitrogens is 1. The quantitative estimate of drug-likeness (QED) is 0.282. The SMILES string of the molecule is Cc1cc(Oc2ccccc2)ccc1N1C(=O)NC2c3c1ccnc3SC2C(=O)N1CC[C@@H](NC(=O)/C(C#N)=C/C2CC2)C1. The van der Waals surface area contributed by atoms with Crippen LogP contribution in [0.1, 0.15) is 36.4 Å². The molecule has 222 valence electrons. The van der Waals surface area contributed by atoms with Gasteiger partial charge in [0.2, 0.25) is 5.91 Å². The van der Waals surface area contributed by atoms with Gasteiger partial charge < -0.3 is 20.3 Å². The predicted molar refractivity (Wildman–Crippen MR) is 165 cm³/mol. The van der Waals surface area contributed by atoms with Gasteiger partial charge >= 0.3 is 6.03 Å². The largest absolute Gasteiger partial charge is 0.457 e. The zero-order valence-electron chi connectivity index (χ0n) is 24.0. The third-order valence-corrected chi connectivity index (χ3v) is 9.64. The predicted octanol–water partition coefficient (Wildman–Crippen LogP) is 5.14. The molecule has 10 nitrogen and oxygen atoms in total.